The number of alkyl halides is 1. The lowest BCUT2D eigenvalue weighted by atomic mass is 9.87. The van der Waals surface area contributed by atoms with Crippen molar-refractivity contribution in [3.63, 3.8) is 0 Å². The fraction of sp³-hybridized carbons (Fsp3) is 0.394. The van der Waals surface area contributed by atoms with Gasteiger partial charge in [-0.1, -0.05) is 24.8 Å². The van der Waals surface area contributed by atoms with Gasteiger partial charge in [0.25, 0.3) is 0 Å². The molecule has 1 N–H and O–H groups in total. The lowest BCUT2D eigenvalue weighted by Gasteiger charge is -2.19. The number of phenolic OH excluding ortho intramolecular Hbond substituents is 1. The maximum atomic E-state index is 15.1. The third-order valence-corrected chi connectivity index (χ3v) is 7.40. The van der Waals surface area contributed by atoms with E-state index in [9.17, 15) is 9.50 Å². The number of allylic oxidation sites excluding steroid dienone is 6. The minimum absolute atomic E-state index is 0.0284. The van der Waals surface area contributed by atoms with Crippen LogP contribution in [0.15, 0.2) is 77.9 Å². The van der Waals surface area contributed by atoms with Crippen molar-refractivity contribution >= 4 is 5.57 Å². The van der Waals surface area contributed by atoms with E-state index in [1.165, 1.54) is 6.07 Å². The van der Waals surface area contributed by atoms with Gasteiger partial charge in [-0.05, 0) is 104 Å². The molecule has 0 aromatic heterocycles. The summed E-state index contributed by atoms with van der Waals surface area (Å²) >= 11 is 0. The fourth-order valence-corrected chi connectivity index (χ4v) is 5.52. The van der Waals surface area contributed by atoms with Crippen molar-refractivity contribution in [2.24, 2.45) is 0 Å². The first kappa shape index (κ1) is 29.5. The van der Waals surface area contributed by atoms with E-state index < -0.39 is 17.4 Å². The number of benzene rings is 2. The Balaban J connectivity index is 1.74. The van der Waals surface area contributed by atoms with Gasteiger partial charge in [0, 0.05) is 25.2 Å². The minimum Gasteiger partial charge on any atom is -0.505 e. The van der Waals surface area contributed by atoms with Gasteiger partial charge in [0.1, 0.15) is 17.7 Å². The van der Waals surface area contributed by atoms with Crippen LogP contribution in [0.1, 0.15) is 56.2 Å². The molecular formula is C33H38F3NO3. The standard InChI is InChI=1S/C33H38F3NO3/c1-4-39-22(2)9-14-27(23(3)35)28-7-5-8-30-29(15-16-31(38)33(30)36)32(28)24-10-12-25(13-11-24)40-26-17-20-37(21-26)19-6-18-34/h9-16,26,38H,3-8,17-21H2,1-2H3/b22-9+,27-14+/t26-/m0/s1. The minimum atomic E-state index is -0.647. The summed E-state index contributed by atoms with van der Waals surface area (Å²) in [7, 11) is 0. The van der Waals surface area contributed by atoms with E-state index >= 15 is 8.78 Å². The third-order valence-electron chi connectivity index (χ3n) is 7.40. The Morgan fingerprint density at radius 1 is 1.15 bits per heavy atom. The van der Waals surface area contributed by atoms with E-state index in [0.717, 1.165) is 31.6 Å². The van der Waals surface area contributed by atoms with Crippen LogP contribution >= 0.6 is 0 Å². The highest BCUT2D eigenvalue weighted by Gasteiger charge is 2.26. The van der Waals surface area contributed by atoms with Crippen LogP contribution in [0.5, 0.6) is 11.5 Å². The number of hydrogen-bond donors (Lipinski definition) is 1. The summed E-state index contributed by atoms with van der Waals surface area (Å²) < 4.78 is 54.4. The molecule has 0 amide bonds. The van der Waals surface area contributed by atoms with Crippen molar-refractivity contribution in [2.75, 3.05) is 32.9 Å². The lowest BCUT2D eigenvalue weighted by Crippen LogP contribution is -2.26. The molecule has 0 radical (unpaired) electrons. The van der Waals surface area contributed by atoms with Gasteiger partial charge >= 0.3 is 0 Å². The van der Waals surface area contributed by atoms with Crippen LogP contribution in [0.4, 0.5) is 13.2 Å². The Hall–Kier alpha value is -3.45. The van der Waals surface area contributed by atoms with E-state index in [2.05, 4.69) is 11.5 Å². The molecule has 0 saturated carbocycles. The molecule has 0 spiro atoms. The number of halogens is 3. The molecule has 0 bridgehead atoms. The molecule has 0 unspecified atom stereocenters. The molecule has 4 nitrogen and oxygen atoms in total. The molecular weight excluding hydrogens is 515 g/mol. The molecule has 1 aliphatic heterocycles. The van der Waals surface area contributed by atoms with E-state index in [4.69, 9.17) is 9.47 Å². The molecule has 2 aromatic rings. The molecule has 214 valence electrons. The van der Waals surface area contributed by atoms with Crippen LogP contribution in [0, 0.1) is 5.82 Å². The van der Waals surface area contributed by atoms with Gasteiger partial charge in [-0.15, -0.1) is 0 Å². The molecule has 1 heterocycles. The summed E-state index contributed by atoms with van der Waals surface area (Å²) in [6.07, 6.45) is 6.29. The second-order valence-corrected chi connectivity index (χ2v) is 10.2. The average Bonchev–Trinajstić information content (AvgIpc) is 3.29. The highest BCUT2D eigenvalue weighted by atomic mass is 19.1. The van der Waals surface area contributed by atoms with Crippen molar-refractivity contribution in [3.8, 4) is 11.5 Å². The maximum Gasteiger partial charge on any atom is 0.168 e. The summed E-state index contributed by atoms with van der Waals surface area (Å²) in [4.78, 5) is 2.21. The zero-order valence-corrected chi connectivity index (χ0v) is 23.3. The van der Waals surface area contributed by atoms with E-state index in [1.54, 1.807) is 25.1 Å². The number of hydrogen-bond acceptors (Lipinski definition) is 4. The number of ether oxygens (including phenoxy) is 2. The molecule has 1 atom stereocenters. The summed E-state index contributed by atoms with van der Waals surface area (Å²) in [6.45, 7) is 9.83. The van der Waals surface area contributed by atoms with Gasteiger partial charge in [0.2, 0.25) is 0 Å². The quantitative estimate of drug-likeness (QED) is 0.227. The number of fused-ring (bicyclic) bond motifs is 1. The summed E-state index contributed by atoms with van der Waals surface area (Å²) in [5.74, 6) is -0.288. The van der Waals surface area contributed by atoms with Gasteiger partial charge < -0.3 is 14.6 Å². The molecule has 40 heavy (non-hydrogen) atoms. The van der Waals surface area contributed by atoms with Crippen LogP contribution in [-0.2, 0) is 11.2 Å². The SMILES string of the molecule is C=C(F)/C(=C\C=C(/C)OCC)C1=C(c2ccc(O[C@H]3CCN(CCCF)C3)cc2)c2ccc(O)c(F)c2CCC1. The van der Waals surface area contributed by atoms with Crippen molar-refractivity contribution in [1.29, 1.82) is 0 Å². The van der Waals surface area contributed by atoms with E-state index in [-0.39, 0.29) is 12.8 Å². The first-order valence-electron chi connectivity index (χ1n) is 14.0. The fourth-order valence-electron chi connectivity index (χ4n) is 5.52. The number of aromatic hydroxyl groups is 1. The van der Waals surface area contributed by atoms with Crippen molar-refractivity contribution in [3.05, 3.63) is 100 Å². The topological polar surface area (TPSA) is 41.9 Å². The van der Waals surface area contributed by atoms with Crippen LogP contribution in [0.2, 0.25) is 0 Å². The smallest absolute Gasteiger partial charge is 0.168 e. The van der Waals surface area contributed by atoms with Gasteiger partial charge in [0.15, 0.2) is 11.6 Å². The Labute approximate surface area is 235 Å². The average molecular weight is 554 g/mol. The second kappa shape index (κ2) is 13.8. The summed E-state index contributed by atoms with van der Waals surface area (Å²) in [5, 5.41) is 10.1. The van der Waals surface area contributed by atoms with Crippen molar-refractivity contribution in [1.82, 2.24) is 4.90 Å². The van der Waals surface area contributed by atoms with Gasteiger partial charge in [-0.25, -0.2) is 8.78 Å². The number of nitrogens with zero attached hydrogens (tertiary/aromatic N) is 1. The normalized spacial score (nSPS) is 18.5. The predicted molar refractivity (Wildman–Crippen MR) is 153 cm³/mol. The van der Waals surface area contributed by atoms with E-state index in [1.807, 2.05) is 31.2 Å². The molecule has 1 saturated heterocycles. The van der Waals surface area contributed by atoms with E-state index in [0.29, 0.717) is 71.6 Å². The predicted octanol–water partition coefficient (Wildman–Crippen LogP) is 7.83. The first-order chi connectivity index (χ1) is 19.3. The van der Waals surface area contributed by atoms with Gasteiger partial charge in [-0.2, -0.15) is 0 Å². The van der Waals surface area contributed by atoms with Crippen molar-refractivity contribution in [2.45, 2.75) is 52.1 Å². The highest BCUT2D eigenvalue weighted by Crippen LogP contribution is 2.42. The monoisotopic (exact) mass is 553 g/mol. The molecule has 2 aromatic carbocycles. The maximum absolute atomic E-state index is 15.1. The number of phenols is 1. The Morgan fingerprint density at radius 2 is 1.93 bits per heavy atom. The third kappa shape index (κ3) is 7.00. The molecule has 1 fully saturated rings. The second-order valence-electron chi connectivity index (χ2n) is 10.2. The molecule has 4 rings (SSSR count). The zero-order chi connectivity index (χ0) is 28.6. The molecule has 2 aliphatic rings. The Bertz CT molecular complexity index is 1300. The molecule has 7 heteroatoms. The summed E-state index contributed by atoms with van der Waals surface area (Å²) in [6, 6.07) is 10.6. The lowest BCUT2D eigenvalue weighted by molar-refractivity contribution is 0.198. The van der Waals surface area contributed by atoms with Gasteiger partial charge in [0.05, 0.1) is 19.0 Å². The van der Waals surface area contributed by atoms with Gasteiger partial charge in [-0.3, -0.25) is 9.29 Å². The van der Waals surface area contributed by atoms with Crippen LogP contribution < -0.4 is 4.74 Å². The van der Waals surface area contributed by atoms with Crippen LogP contribution in [0.3, 0.4) is 0 Å². The Kier molecular flexibility index (Phi) is 10.2. The zero-order valence-electron chi connectivity index (χ0n) is 23.3. The Morgan fingerprint density at radius 3 is 2.62 bits per heavy atom. The van der Waals surface area contributed by atoms with Crippen molar-refractivity contribution < 1.29 is 27.8 Å². The first-order valence-corrected chi connectivity index (χ1v) is 14.0. The summed E-state index contributed by atoms with van der Waals surface area (Å²) in [5.41, 5.74) is 3.55. The number of likely N-dealkylation sites (tertiary alicyclic amines) is 1. The van der Waals surface area contributed by atoms with Crippen LogP contribution in [0.25, 0.3) is 5.57 Å². The number of rotatable bonds is 11. The van der Waals surface area contributed by atoms with Crippen LogP contribution in [-0.4, -0.2) is 49.0 Å². The molecule has 1 aliphatic carbocycles. The highest BCUT2D eigenvalue weighted by molar-refractivity contribution is 5.87. The largest absolute Gasteiger partial charge is 0.505 e.